The van der Waals surface area contributed by atoms with E-state index in [1.165, 1.54) is 18.0 Å². The van der Waals surface area contributed by atoms with Gasteiger partial charge in [-0.05, 0) is 18.1 Å². The maximum absolute atomic E-state index is 11.6. The smallest absolute Gasteiger partial charge is 0.246 e. The van der Waals surface area contributed by atoms with Gasteiger partial charge in [-0.1, -0.05) is 6.58 Å². The van der Waals surface area contributed by atoms with Crippen molar-refractivity contribution < 1.29 is 4.79 Å². The second-order valence-electron chi connectivity index (χ2n) is 4.16. The number of thiophene rings is 1. The zero-order chi connectivity index (χ0) is 12.7. The van der Waals surface area contributed by atoms with E-state index < -0.39 is 0 Å². The Morgan fingerprint density at radius 2 is 2.39 bits per heavy atom. The predicted molar refractivity (Wildman–Crippen MR) is 71.1 cm³/mol. The lowest BCUT2D eigenvalue weighted by molar-refractivity contribution is -0.126. The molecule has 1 aliphatic rings. The second-order valence-corrected chi connectivity index (χ2v) is 5.24. The molecule has 3 rings (SSSR count). The summed E-state index contributed by atoms with van der Waals surface area (Å²) in [6.45, 7) is 4.82. The van der Waals surface area contributed by atoms with E-state index in [-0.39, 0.29) is 5.91 Å². The van der Waals surface area contributed by atoms with Gasteiger partial charge in [0.25, 0.3) is 0 Å². The van der Waals surface area contributed by atoms with Gasteiger partial charge in [0.1, 0.15) is 17.0 Å². The molecule has 0 bridgehead atoms. The molecule has 0 saturated heterocycles. The Morgan fingerprint density at radius 1 is 1.56 bits per heavy atom. The van der Waals surface area contributed by atoms with Crippen molar-refractivity contribution in [2.75, 3.05) is 12.3 Å². The number of fused-ring (bicyclic) bond motifs is 3. The molecule has 18 heavy (non-hydrogen) atoms. The third-order valence-electron chi connectivity index (χ3n) is 3.15. The highest BCUT2D eigenvalue weighted by atomic mass is 32.1. The number of carbonyl (C=O) groups is 1. The second kappa shape index (κ2) is 4.06. The molecule has 0 atom stereocenters. The Labute approximate surface area is 108 Å². The third kappa shape index (κ3) is 1.57. The van der Waals surface area contributed by atoms with E-state index in [0.717, 1.165) is 21.5 Å². The van der Waals surface area contributed by atoms with Crippen molar-refractivity contribution in [1.29, 1.82) is 0 Å². The Bertz CT molecular complexity index is 649. The minimum Gasteiger partial charge on any atom is -0.383 e. The van der Waals surface area contributed by atoms with E-state index in [1.807, 2.05) is 0 Å². The summed E-state index contributed by atoms with van der Waals surface area (Å²) in [6.07, 6.45) is 3.63. The number of hydrogen-bond acceptors (Lipinski definition) is 5. The van der Waals surface area contributed by atoms with Gasteiger partial charge in [-0.15, -0.1) is 11.3 Å². The fourth-order valence-corrected chi connectivity index (χ4v) is 3.48. The standard InChI is InChI=1S/C12H12N4OS/c1-2-9(17)16-4-3-7-8(5-16)18-12-10(7)11(13)14-6-15-12/h2,6H,1,3-5H2,(H2,13,14,15). The summed E-state index contributed by atoms with van der Waals surface area (Å²) in [7, 11) is 0. The van der Waals surface area contributed by atoms with Crippen molar-refractivity contribution in [2.45, 2.75) is 13.0 Å². The van der Waals surface area contributed by atoms with Gasteiger partial charge in [-0.25, -0.2) is 9.97 Å². The minimum atomic E-state index is -0.0304. The lowest BCUT2D eigenvalue weighted by atomic mass is 10.1. The first kappa shape index (κ1) is 11.2. The van der Waals surface area contributed by atoms with Crippen LogP contribution in [0.1, 0.15) is 10.4 Å². The van der Waals surface area contributed by atoms with E-state index in [4.69, 9.17) is 5.73 Å². The molecular formula is C12H12N4OS. The molecular weight excluding hydrogens is 248 g/mol. The van der Waals surface area contributed by atoms with Crippen LogP contribution in [0.5, 0.6) is 0 Å². The summed E-state index contributed by atoms with van der Waals surface area (Å²) in [6, 6.07) is 0. The van der Waals surface area contributed by atoms with Crippen molar-refractivity contribution in [1.82, 2.24) is 14.9 Å². The van der Waals surface area contributed by atoms with Gasteiger partial charge >= 0.3 is 0 Å². The number of anilines is 1. The van der Waals surface area contributed by atoms with Crippen LogP contribution in [0.3, 0.4) is 0 Å². The van der Waals surface area contributed by atoms with Gasteiger partial charge < -0.3 is 10.6 Å². The zero-order valence-corrected chi connectivity index (χ0v) is 10.5. The van der Waals surface area contributed by atoms with E-state index in [0.29, 0.717) is 18.9 Å². The normalized spacial score (nSPS) is 14.6. The maximum Gasteiger partial charge on any atom is 0.246 e. The highest BCUT2D eigenvalue weighted by Crippen LogP contribution is 2.36. The fourth-order valence-electron chi connectivity index (χ4n) is 2.27. The van der Waals surface area contributed by atoms with Crippen LogP contribution >= 0.6 is 11.3 Å². The van der Waals surface area contributed by atoms with Crippen molar-refractivity contribution in [3.8, 4) is 0 Å². The number of nitrogen functional groups attached to an aromatic ring is 1. The molecule has 1 aliphatic heterocycles. The Morgan fingerprint density at radius 3 is 3.17 bits per heavy atom. The summed E-state index contributed by atoms with van der Waals surface area (Å²) in [5.74, 6) is 0.498. The molecule has 2 aromatic heterocycles. The summed E-state index contributed by atoms with van der Waals surface area (Å²) in [5.41, 5.74) is 7.10. The summed E-state index contributed by atoms with van der Waals surface area (Å²) in [4.78, 5) is 23.7. The molecule has 0 fully saturated rings. The van der Waals surface area contributed by atoms with Gasteiger partial charge in [0.15, 0.2) is 0 Å². The van der Waals surface area contributed by atoms with E-state index >= 15 is 0 Å². The van der Waals surface area contributed by atoms with Crippen LogP contribution in [0.25, 0.3) is 10.2 Å². The van der Waals surface area contributed by atoms with Crippen LogP contribution in [-0.4, -0.2) is 27.3 Å². The average Bonchev–Trinajstić information content (AvgIpc) is 2.76. The first-order valence-electron chi connectivity index (χ1n) is 5.62. The molecule has 3 heterocycles. The number of nitrogens with zero attached hydrogens (tertiary/aromatic N) is 3. The van der Waals surface area contributed by atoms with Crippen molar-refractivity contribution >= 4 is 33.3 Å². The maximum atomic E-state index is 11.6. The average molecular weight is 260 g/mol. The predicted octanol–water partition coefficient (Wildman–Crippen LogP) is 1.34. The third-order valence-corrected chi connectivity index (χ3v) is 4.28. The van der Waals surface area contributed by atoms with Gasteiger partial charge in [-0.3, -0.25) is 4.79 Å². The van der Waals surface area contributed by atoms with Crippen LogP contribution in [0.4, 0.5) is 5.82 Å². The van der Waals surface area contributed by atoms with Gasteiger partial charge in [-0.2, -0.15) is 0 Å². The van der Waals surface area contributed by atoms with E-state index in [1.54, 1.807) is 16.2 Å². The molecule has 2 aromatic rings. The lowest BCUT2D eigenvalue weighted by Gasteiger charge is -2.25. The summed E-state index contributed by atoms with van der Waals surface area (Å²) < 4.78 is 0. The zero-order valence-electron chi connectivity index (χ0n) is 9.72. The number of aromatic nitrogens is 2. The number of nitrogens with two attached hydrogens (primary N) is 1. The molecule has 6 heteroatoms. The Kier molecular flexibility index (Phi) is 2.52. The first-order valence-corrected chi connectivity index (χ1v) is 6.44. The molecule has 92 valence electrons. The largest absolute Gasteiger partial charge is 0.383 e. The SMILES string of the molecule is C=CC(=O)N1CCc2c(sc3ncnc(N)c23)C1. The summed E-state index contributed by atoms with van der Waals surface area (Å²) in [5, 5.41) is 0.961. The molecule has 0 aliphatic carbocycles. The molecule has 2 N–H and O–H groups in total. The van der Waals surface area contributed by atoms with Crippen LogP contribution in [0.15, 0.2) is 19.0 Å². The highest BCUT2D eigenvalue weighted by Gasteiger charge is 2.24. The van der Waals surface area contributed by atoms with Crippen LogP contribution < -0.4 is 5.73 Å². The minimum absolute atomic E-state index is 0.0304. The number of amides is 1. The highest BCUT2D eigenvalue weighted by molar-refractivity contribution is 7.19. The summed E-state index contributed by atoms with van der Waals surface area (Å²) >= 11 is 1.59. The quantitative estimate of drug-likeness (QED) is 0.785. The van der Waals surface area contributed by atoms with Gasteiger partial charge in [0.05, 0.1) is 11.9 Å². The van der Waals surface area contributed by atoms with E-state index in [9.17, 15) is 4.79 Å². The van der Waals surface area contributed by atoms with Crippen molar-refractivity contribution in [3.05, 3.63) is 29.4 Å². The monoisotopic (exact) mass is 260 g/mol. The van der Waals surface area contributed by atoms with Crippen LogP contribution in [0, 0.1) is 0 Å². The van der Waals surface area contributed by atoms with E-state index in [2.05, 4.69) is 16.5 Å². The first-order chi connectivity index (χ1) is 8.70. The Hall–Kier alpha value is -1.95. The Balaban J connectivity index is 2.08. The van der Waals surface area contributed by atoms with Crippen molar-refractivity contribution in [2.24, 2.45) is 0 Å². The lowest BCUT2D eigenvalue weighted by Crippen LogP contribution is -2.34. The molecule has 5 nitrogen and oxygen atoms in total. The molecule has 0 radical (unpaired) electrons. The molecule has 0 unspecified atom stereocenters. The van der Waals surface area contributed by atoms with Crippen LogP contribution in [-0.2, 0) is 17.8 Å². The van der Waals surface area contributed by atoms with Gasteiger partial charge in [0, 0.05) is 11.4 Å². The fraction of sp³-hybridized carbons (Fsp3) is 0.250. The number of rotatable bonds is 1. The number of carbonyl (C=O) groups excluding carboxylic acids is 1. The molecule has 1 amide bonds. The van der Waals surface area contributed by atoms with Crippen molar-refractivity contribution in [3.63, 3.8) is 0 Å². The molecule has 0 spiro atoms. The molecule has 0 saturated carbocycles. The van der Waals surface area contributed by atoms with Crippen LogP contribution in [0.2, 0.25) is 0 Å². The molecule has 0 aromatic carbocycles. The van der Waals surface area contributed by atoms with Gasteiger partial charge in [0.2, 0.25) is 5.91 Å². The topological polar surface area (TPSA) is 72.1 Å². The number of hydrogen-bond donors (Lipinski definition) is 1.